The zero-order chi connectivity index (χ0) is 9.68. The van der Waals surface area contributed by atoms with Crippen LogP contribution in [-0.4, -0.2) is 16.0 Å². The van der Waals surface area contributed by atoms with Crippen molar-refractivity contribution in [3.63, 3.8) is 0 Å². The maximum atomic E-state index is 4.23. The Hall–Kier alpha value is -1.12. The molecule has 0 saturated heterocycles. The van der Waals surface area contributed by atoms with Gasteiger partial charge in [0.25, 0.3) is 0 Å². The molecular weight excluding hydrogens is 162 g/mol. The van der Waals surface area contributed by atoms with Crippen molar-refractivity contribution in [3.05, 3.63) is 18.1 Å². The van der Waals surface area contributed by atoms with Crippen molar-refractivity contribution in [3.8, 4) is 0 Å². The van der Waals surface area contributed by atoms with E-state index < -0.39 is 0 Å². The van der Waals surface area contributed by atoms with Crippen LogP contribution in [0.2, 0.25) is 0 Å². The second-order valence-electron chi connectivity index (χ2n) is 3.32. The summed E-state index contributed by atoms with van der Waals surface area (Å²) in [5.41, 5.74) is 0.963. The SMILES string of the molecule is CCCC(C)Nc1nccnc1C. The average Bonchev–Trinajstić information content (AvgIpc) is 2.09. The number of rotatable bonds is 4. The zero-order valence-corrected chi connectivity index (χ0v) is 8.54. The summed E-state index contributed by atoms with van der Waals surface area (Å²) in [5, 5.41) is 3.34. The van der Waals surface area contributed by atoms with Gasteiger partial charge in [0.2, 0.25) is 0 Å². The van der Waals surface area contributed by atoms with Gasteiger partial charge in [-0.1, -0.05) is 13.3 Å². The predicted molar refractivity (Wildman–Crippen MR) is 54.8 cm³/mol. The second kappa shape index (κ2) is 4.80. The van der Waals surface area contributed by atoms with Gasteiger partial charge in [-0.05, 0) is 20.3 Å². The van der Waals surface area contributed by atoms with E-state index in [2.05, 4.69) is 29.1 Å². The van der Waals surface area contributed by atoms with E-state index in [1.165, 1.54) is 6.42 Å². The number of nitrogens with zero attached hydrogens (tertiary/aromatic N) is 2. The second-order valence-corrected chi connectivity index (χ2v) is 3.32. The first-order valence-electron chi connectivity index (χ1n) is 4.78. The van der Waals surface area contributed by atoms with E-state index >= 15 is 0 Å². The fourth-order valence-electron chi connectivity index (χ4n) is 1.29. The van der Waals surface area contributed by atoms with E-state index in [1.807, 2.05) is 6.92 Å². The van der Waals surface area contributed by atoms with Crippen molar-refractivity contribution in [2.45, 2.75) is 39.7 Å². The first-order valence-corrected chi connectivity index (χ1v) is 4.78. The number of hydrogen-bond donors (Lipinski definition) is 1. The highest BCUT2D eigenvalue weighted by Gasteiger charge is 2.03. The molecule has 0 saturated carbocycles. The van der Waals surface area contributed by atoms with Gasteiger partial charge in [-0.25, -0.2) is 4.98 Å². The maximum absolute atomic E-state index is 4.23. The van der Waals surface area contributed by atoms with E-state index in [9.17, 15) is 0 Å². The molecule has 1 atom stereocenters. The molecule has 0 aromatic carbocycles. The van der Waals surface area contributed by atoms with Gasteiger partial charge in [0.05, 0.1) is 5.69 Å². The molecule has 1 rings (SSSR count). The fourth-order valence-corrected chi connectivity index (χ4v) is 1.29. The monoisotopic (exact) mass is 179 g/mol. The Bertz CT molecular complexity index is 260. The number of hydrogen-bond acceptors (Lipinski definition) is 3. The zero-order valence-electron chi connectivity index (χ0n) is 8.54. The summed E-state index contributed by atoms with van der Waals surface area (Å²) < 4.78 is 0. The van der Waals surface area contributed by atoms with Crippen molar-refractivity contribution < 1.29 is 0 Å². The molecule has 0 fully saturated rings. The summed E-state index contributed by atoms with van der Waals surface area (Å²) in [5.74, 6) is 0.906. The number of anilines is 1. The highest BCUT2D eigenvalue weighted by atomic mass is 15.0. The highest BCUT2D eigenvalue weighted by molar-refractivity contribution is 5.38. The van der Waals surface area contributed by atoms with Crippen LogP contribution in [0.3, 0.4) is 0 Å². The van der Waals surface area contributed by atoms with Crippen LogP contribution in [0.25, 0.3) is 0 Å². The first-order chi connectivity index (χ1) is 6.24. The summed E-state index contributed by atoms with van der Waals surface area (Å²) in [6.07, 6.45) is 5.78. The lowest BCUT2D eigenvalue weighted by atomic mass is 10.2. The van der Waals surface area contributed by atoms with Gasteiger partial charge in [-0.15, -0.1) is 0 Å². The van der Waals surface area contributed by atoms with Gasteiger partial charge in [0.15, 0.2) is 0 Å². The minimum Gasteiger partial charge on any atom is -0.366 e. The molecule has 0 radical (unpaired) electrons. The van der Waals surface area contributed by atoms with Crippen LogP contribution in [-0.2, 0) is 0 Å². The first kappa shape index (κ1) is 9.96. The van der Waals surface area contributed by atoms with Gasteiger partial charge in [-0.3, -0.25) is 4.98 Å². The van der Waals surface area contributed by atoms with Crippen molar-refractivity contribution in [2.75, 3.05) is 5.32 Å². The minimum absolute atomic E-state index is 0.473. The summed E-state index contributed by atoms with van der Waals surface area (Å²) in [7, 11) is 0. The lowest BCUT2D eigenvalue weighted by Gasteiger charge is -2.14. The van der Waals surface area contributed by atoms with E-state index in [1.54, 1.807) is 12.4 Å². The van der Waals surface area contributed by atoms with Gasteiger partial charge in [0, 0.05) is 18.4 Å². The Kier molecular flexibility index (Phi) is 3.68. The van der Waals surface area contributed by atoms with E-state index in [0.29, 0.717) is 6.04 Å². The van der Waals surface area contributed by atoms with Crippen LogP contribution in [0.4, 0.5) is 5.82 Å². The molecule has 72 valence electrons. The third kappa shape index (κ3) is 3.01. The normalized spacial score (nSPS) is 12.5. The smallest absolute Gasteiger partial charge is 0.147 e. The topological polar surface area (TPSA) is 37.8 Å². The maximum Gasteiger partial charge on any atom is 0.147 e. The van der Waals surface area contributed by atoms with Gasteiger partial charge >= 0.3 is 0 Å². The molecule has 0 amide bonds. The molecular formula is C10H17N3. The van der Waals surface area contributed by atoms with Gasteiger partial charge in [0.1, 0.15) is 5.82 Å². The molecule has 0 spiro atoms. The Labute approximate surface area is 79.6 Å². The molecule has 0 aliphatic carbocycles. The number of aromatic nitrogens is 2. The number of nitrogens with one attached hydrogen (secondary N) is 1. The third-order valence-corrected chi connectivity index (χ3v) is 1.99. The Balaban J connectivity index is 2.58. The van der Waals surface area contributed by atoms with Gasteiger partial charge in [-0.2, -0.15) is 0 Å². The standard InChI is InChI=1S/C10H17N3/c1-4-5-8(2)13-10-9(3)11-6-7-12-10/h6-8H,4-5H2,1-3H3,(H,12,13). The Morgan fingerprint density at radius 2 is 2.08 bits per heavy atom. The quantitative estimate of drug-likeness (QED) is 0.771. The van der Waals surface area contributed by atoms with Crippen molar-refractivity contribution in [1.82, 2.24) is 9.97 Å². The minimum atomic E-state index is 0.473. The number of aryl methyl sites for hydroxylation is 1. The molecule has 3 heteroatoms. The highest BCUT2D eigenvalue weighted by Crippen LogP contribution is 2.09. The van der Waals surface area contributed by atoms with Gasteiger partial charge < -0.3 is 5.32 Å². The van der Waals surface area contributed by atoms with Crippen LogP contribution in [0.1, 0.15) is 32.4 Å². The summed E-state index contributed by atoms with van der Waals surface area (Å²) in [6, 6.07) is 0.473. The predicted octanol–water partition coefficient (Wildman–Crippen LogP) is 2.39. The van der Waals surface area contributed by atoms with Crippen molar-refractivity contribution in [2.24, 2.45) is 0 Å². The molecule has 1 aromatic rings. The summed E-state index contributed by atoms with van der Waals surface area (Å²) in [4.78, 5) is 8.39. The van der Waals surface area contributed by atoms with E-state index in [4.69, 9.17) is 0 Å². The van der Waals surface area contributed by atoms with Crippen molar-refractivity contribution >= 4 is 5.82 Å². The van der Waals surface area contributed by atoms with Crippen LogP contribution < -0.4 is 5.32 Å². The largest absolute Gasteiger partial charge is 0.366 e. The van der Waals surface area contributed by atoms with E-state index in [0.717, 1.165) is 17.9 Å². The Morgan fingerprint density at radius 3 is 2.69 bits per heavy atom. The lowest BCUT2D eigenvalue weighted by molar-refractivity contribution is 0.686. The summed E-state index contributed by atoms with van der Waals surface area (Å²) in [6.45, 7) is 6.31. The average molecular weight is 179 g/mol. The fraction of sp³-hybridized carbons (Fsp3) is 0.600. The molecule has 0 bridgehead atoms. The van der Waals surface area contributed by atoms with Crippen LogP contribution >= 0.6 is 0 Å². The molecule has 0 aliphatic rings. The van der Waals surface area contributed by atoms with Crippen LogP contribution in [0.15, 0.2) is 12.4 Å². The van der Waals surface area contributed by atoms with Crippen LogP contribution in [0.5, 0.6) is 0 Å². The lowest BCUT2D eigenvalue weighted by Crippen LogP contribution is -2.16. The Morgan fingerprint density at radius 1 is 1.38 bits per heavy atom. The molecule has 1 N–H and O–H groups in total. The molecule has 0 aliphatic heterocycles. The van der Waals surface area contributed by atoms with Crippen LogP contribution in [0, 0.1) is 6.92 Å². The molecule has 1 unspecified atom stereocenters. The van der Waals surface area contributed by atoms with Crippen molar-refractivity contribution in [1.29, 1.82) is 0 Å². The third-order valence-electron chi connectivity index (χ3n) is 1.99. The molecule has 3 nitrogen and oxygen atoms in total. The van der Waals surface area contributed by atoms with E-state index in [-0.39, 0.29) is 0 Å². The molecule has 1 aromatic heterocycles. The molecule has 1 heterocycles. The molecule has 13 heavy (non-hydrogen) atoms. The summed E-state index contributed by atoms with van der Waals surface area (Å²) >= 11 is 0.